The molecule has 1 aliphatic carbocycles. The van der Waals surface area contributed by atoms with E-state index in [1.807, 2.05) is 31.2 Å². The number of hydrogen-bond acceptors (Lipinski definition) is 5. The lowest BCUT2D eigenvalue weighted by atomic mass is 9.89. The van der Waals surface area contributed by atoms with Crippen molar-refractivity contribution in [3.63, 3.8) is 0 Å². The lowest BCUT2D eigenvalue weighted by Gasteiger charge is -2.19. The number of benzene rings is 1. The number of fused-ring (bicyclic) bond motifs is 1. The van der Waals surface area contributed by atoms with E-state index >= 15 is 0 Å². The van der Waals surface area contributed by atoms with Crippen LogP contribution in [0.1, 0.15) is 64.5 Å². The van der Waals surface area contributed by atoms with Crippen LogP contribution < -0.4 is 4.74 Å². The highest BCUT2D eigenvalue weighted by molar-refractivity contribution is 7.96. The summed E-state index contributed by atoms with van der Waals surface area (Å²) in [4.78, 5) is 26.3. The third-order valence-electron chi connectivity index (χ3n) is 4.95. The van der Waals surface area contributed by atoms with Crippen LogP contribution in [0.5, 0.6) is 5.75 Å². The lowest BCUT2D eigenvalue weighted by molar-refractivity contribution is 0.0959. The van der Waals surface area contributed by atoms with Gasteiger partial charge in [-0.15, -0.1) is 0 Å². The predicted molar refractivity (Wildman–Crippen MR) is 109 cm³/mol. The van der Waals surface area contributed by atoms with E-state index in [1.54, 1.807) is 21.0 Å². The Hall–Kier alpha value is -2.31. The highest BCUT2D eigenvalue weighted by atomic mass is 32.2. The van der Waals surface area contributed by atoms with Crippen LogP contribution in [0.25, 0.3) is 0 Å². The molecule has 0 saturated carbocycles. The lowest BCUT2D eigenvalue weighted by Crippen LogP contribution is -2.27. The van der Waals surface area contributed by atoms with Gasteiger partial charge in [0.2, 0.25) is 4.91 Å². The van der Waals surface area contributed by atoms with Gasteiger partial charge < -0.3 is 13.7 Å². The van der Waals surface area contributed by atoms with Gasteiger partial charge in [-0.1, -0.05) is 25.5 Å². The molecule has 28 heavy (non-hydrogen) atoms. The molecule has 2 aromatic rings. The van der Waals surface area contributed by atoms with Gasteiger partial charge in [0.25, 0.3) is 5.78 Å². The molecule has 148 valence electrons. The number of Topliss-reactive ketones (excluding diaryl/α,β-unsaturated/α-hetero) is 2. The summed E-state index contributed by atoms with van der Waals surface area (Å²) < 4.78 is 23.5. The Labute approximate surface area is 167 Å². The first kappa shape index (κ1) is 20.4. The summed E-state index contributed by atoms with van der Waals surface area (Å²) in [7, 11) is 1.61. The second kappa shape index (κ2) is 8.37. The summed E-state index contributed by atoms with van der Waals surface area (Å²) in [6.07, 6.45) is 1.59. The molecule has 0 saturated heterocycles. The molecule has 1 atom stereocenters. The van der Waals surface area contributed by atoms with E-state index in [0.717, 1.165) is 11.3 Å². The zero-order valence-corrected chi connectivity index (χ0v) is 17.4. The minimum Gasteiger partial charge on any atom is -0.611 e. The number of rotatable bonds is 7. The molecule has 0 fully saturated rings. The number of ketones is 2. The third-order valence-corrected chi connectivity index (χ3v) is 6.36. The molecular weight excluding hydrogens is 376 g/mol. The first-order valence-electron chi connectivity index (χ1n) is 9.38. The molecule has 5 nitrogen and oxygen atoms in total. The van der Waals surface area contributed by atoms with Gasteiger partial charge in [-0.3, -0.25) is 9.59 Å². The van der Waals surface area contributed by atoms with Crippen LogP contribution in [-0.2, 0) is 17.6 Å². The van der Waals surface area contributed by atoms with Crippen LogP contribution in [0.3, 0.4) is 0 Å². The normalized spacial score (nSPS) is 15.0. The molecule has 0 N–H and O–H groups in total. The summed E-state index contributed by atoms with van der Waals surface area (Å²) in [5.41, 5.74) is 2.36. The molecular formula is C22H24O5S. The van der Waals surface area contributed by atoms with Gasteiger partial charge in [-0.05, 0) is 49.1 Å². The number of furan rings is 1. The van der Waals surface area contributed by atoms with Crippen molar-refractivity contribution >= 4 is 22.7 Å². The molecule has 0 aliphatic heterocycles. The van der Waals surface area contributed by atoms with E-state index in [-0.39, 0.29) is 22.2 Å². The Balaban J connectivity index is 2.02. The predicted octanol–water partition coefficient (Wildman–Crippen LogP) is 4.39. The second-order valence-electron chi connectivity index (χ2n) is 6.73. The van der Waals surface area contributed by atoms with Gasteiger partial charge in [0.05, 0.1) is 18.2 Å². The van der Waals surface area contributed by atoms with Gasteiger partial charge in [-0.25, -0.2) is 0 Å². The van der Waals surface area contributed by atoms with Gasteiger partial charge in [0, 0.05) is 12.0 Å². The first-order chi connectivity index (χ1) is 13.4. The minimum atomic E-state index is -1.51. The van der Waals surface area contributed by atoms with E-state index in [2.05, 4.69) is 0 Å². The maximum Gasteiger partial charge on any atom is 0.276 e. The van der Waals surface area contributed by atoms with E-state index in [0.29, 0.717) is 41.7 Å². The SMILES string of the molecule is CCCC1=C([S+]([O-])CC)C(=O)c2oc(Cc3ccc(OC)cc3)c(C)c2C1=O. The van der Waals surface area contributed by atoms with Gasteiger partial charge in [-0.2, -0.15) is 0 Å². The number of methoxy groups -OCH3 is 1. The summed E-state index contributed by atoms with van der Waals surface area (Å²) in [5, 5.41) is 0. The fourth-order valence-electron chi connectivity index (χ4n) is 3.45. The summed E-state index contributed by atoms with van der Waals surface area (Å²) in [6, 6.07) is 7.55. The van der Waals surface area contributed by atoms with Crippen molar-refractivity contribution < 1.29 is 23.3 Å². The maximum atomic E-state index is 13.1. The number of carbonyl (C=O) groups excluding carboxylic acids is 2. The van der Waals surface area contributed by atoms with Crippen molar-refractivity contribution in [3.8, 4) is 5.75 Å². The molecule has 0 bridgehead atoms. The van der Waals surface area contributed by atoms with Crippen molar-refractivity contribution in [1.29, 1.82) is 0 Å². The molecule has 6 heteroatoms. The average molecular weight is 400 g/mol. The number of hydrogen-bond donors (Lipinski definition) is 0. The largest absolute Gasteiger partial charge is 0.611 e. The molecule has 1 aromatic heterocycles. The van der Waals surface area contributed by atoms with Crippen LogP contribution in [0.15, 0.2) is 39.2 Å². The highest BCUT2D eigenvalue weighted by Crippen LogP contribution is 2.37. The smallest absolute Gasteiger partial charge is 0.276 e. The summed E-state index contributed by atoms with van der Waals surface area (Å²) >= 11 is -1.51. The third kappa shape index (κ3) is 3.54. The molecule has 1 aromatic carbocycles. The molecule has 3 rings (SSSR count). The minimum absolute atomic E-state index is 0.0302. The fourth-order valence-corrected chi connectivity index (χ4v) is 4.51. The first-order valence-corrected chi connectivity index (χ1v) is 10.7. The second-order valence-corrected chi connectivity index (χ2v) is 8.41. The van der Waals surface area contributed by atoms with Gasteiger partial charge >= 0.3 is 0 Å². The van der Waals surface area contributed by atoms with Gasteiger partial charge in [0.15, 0.2) is 11.5 Å². The van der Waals surface area contributed by atoms with E-state index in [4.69, 9.17) is 9.15 Å². The Kier molecular flexibility index (Phi) is 6.10. The van der Waals surface area contributed by atoms with E-state index in [1.165, 1.54) is 0 Å². The Morgan fingerprint density at radius 3 is 2.36 bits per heavy atom. The van der Waals surface area contributed by atoms with E-state index < -0.39 is 17.0 Å². The van der Waals surface area contributed by atoms with Crippen molar-refractivity contribution in [2.45, 2.75) is 40.0 Å². The monoisotopic (exact) mass is 400 g/mol. The average Bonchev–Trinajstić information content (AvgIpc) is 3.03. The van der Waals surface area contributed by atoms with Crippen LogP contribution in [0.2, 0.25) is 0 Å². The van der Waals surface area contributed by atoms with Crippen LogP contribution in [0.4, 0.5) is 0 Å². The molecule has 1 heterocycles. The highest BCUT2D eigenvalue weighted by Gasteiger charge is 2.42. The standard InChI is InChI=1S/C22H24O5S/c1-5-7-16-19(23)18-13(3)17(12-14-8-10-15(26-4)11-9-14)27-21(18)20(24)22(16)28(25)6-2/h8-11H,5-7,12H2,1-4H3. The number of allylic oxidation sites excluding steroid dienone is 2. The molecule has 1 unspecified atom stereocenters. The van der Waals surface area contributed by atoms with E-state index in [9.17, 15) is 14.1 Å². The fraction of sp³-hybridized carbons (Fsp3) is 0.364. The van der Waals surface area contributed by atoms with Crippen molar-refractivity contribution in [3.05, 3.63) is 63.0 Å². The summed E-state index contributed by atoms with van der Waals surface area (Å²) in [5.74, 6) is 1.01. The van der Waals surface area contributed by atoms with Crippen molar-refractivity contribution in [1.82, 2.24) is 0 Å². The quantitative estimate of drug-likeness (QED) is 0.644. The number of carbonyl (C=O) groups is 2. The molecule has 1 aliphatic rings. The van der Waals surface area contributed by atoms with Crippen molar-refractivity contribution in [2.75, 3.05) is 12.9 Å². The number of ether oxygens (including phenoxy) is 1. The van der Waals surface area contributed by atoms with Crippen molar-refractivity contribution in [2.24, 2.45) is 0 Å². The molecule has 0 spiro atoms. The Morgan fingerprint density at radius 1 is 1.11 bits per heavy atom. The van der Waals surface area contributed by atoms with Crippen LogP contribution in [-0.4, -0.2) is 29.0 Å². The zero-order chi connectivity index (χ0) is 20.4. The maximum absolute atomic E-state index is 13.1. The van der Waals surface area contributed by atoms with Gasteiger partial charge in [0.1, 0.15) is 17.3 Å². The summed E-state index contributed by atoms with van der Waals surface area (Å²) in [6.45, 7) is 5.48. The zero-order valence-electron chi connectivity index (χ0n) is 16.6. The van der Waals surface area contributed by atoms with Crippen LogP contribution >= 0.6 is 0 Å². The molecule has 0 amide bonds. The molecule has 0 radical (unpaired) electrons. The Morgan fingerprint density at radius 2 is 1.79 bits per heavy atom. The Bertz CT molecular complexity index is 937. The van der Waals surface area contributed by atoms with Crippen LogP contribution in [0, 0.1) is 6.92 Å². The topological polar surface area (TPSA) is 79.6 Å².